The molecule has 1 heterocycles. The van der Waals surface area contributed by atoms with E-state index < -0.39 is 18.1 Å². The zero-order valence-corrected chi connectivity index (χ0v) is 12.3. The van der Waals surface area contributed by atoms with E-state index in [0.29, 0.717) is 25.2 Å². The van der Waals surface area contributed by atoms with Crippen molar-refractivity contribution in [2.45, 2.75) is 12.1 Å². The van der Waals surface area contributed by atoms with E-state index in [2.05, 4.69) is 5.32 Å². The molecule has 1 aromatic rings. The molecule has 0 bridgehead atoms. The van der Waals surface area contributed by atoms with Crippen LogP contribution in [0.2, 0.25) is 0 Å². The van der Waals surface area contributed by atoms with E-state index in [-0.39, 0.29) is 5.91 Å². The van der Waals surface area contributed by atoms with Crippen molar-refractivity contribution in [3.63, 3.8) is 0 Å². The van der Waals surface area contributed by atoms with Gasteiger partial charge in [-0.2, -0.15) is 0 Å². The number of hydrogen-bond donors (Lipinski definition) is 2. The molecule has 6 heteroatoms. The minimum absolute atomic E-state index is 0.143. The van der Waals surface area contributed by atoms with Gasteiger partial charge in [-0.1, -0.05) is 30.3 Å². The molecule has 0 aromatic heterocycles. The minimum atomic E-state index is -1.23. The first kappa shape index (κ1) is 15.5. The van der Waals surface area contributed by atoms with Crippen LogP contribution in [0.4, 0.5) is 0 Å². The average Bonchev–Trinajstić information content (AvgIpc) is 2.53. The van der Waals surface area contributed by atoms with Gasteiger partial charge in [0, 0.05) is 33.7 Å². The highest BCUT2D eigenvalue weighted by atomic mass is 16.3. The fraction of sp³-hybridized carbons (Fsp3) is 0.467. The lowest BCUT2D eigenvalue weighted by Crippen LogP contribution is -2.60. The molecule has 2 amide bonds. The molecule has 2 atom stereocenters. The molecule has 21 heavy (non-hydrogen) atoms. The van der Waals surface area contributed by atoms with Crippen LogP contribution in [0.15, 0.2) is 30.3 Å². The highest BCUT2D eigenvalue weighted by Gasteiger charge is 2.35. The summed E-state index contributed by atoms with van der Waals surface area (Å²) in [6, 6.07) is 8.20. The Balaban J connectivity index is 2.17. The highest BCUT2D eigenvalue weighted by Crippen LogP contribution is 2.18. The molecule has 0 saturated carbocycles. The summed E-state index contributed by atoms with van der Waals surface area (Å²) in [6.45, 7) is 1.43. The first-order valence-corrected chi connectivity index (χ1v) is 6.97. The SMILES string of the molecule is CN(C)C(=O)C1CNCCN1C(=O)C(O)c1ccccc1. The van der Waals surface area contributed by atoms with Gasteiger partial charge < -0.3 is 20.2 Å². The lowest BCUT2D eigenvalue weighted by Gasteiger charge is -2.37. The summed E-state index contributed by atoms with van der Waals surface area (Å²) < 4.78 is 0. The predicted octanol–water partition coefficient (Wildman–Crippen LogP) is -0.391. The minimum Gasteiger partial charge on any atom is -0.378 e. The first-order valence-electron chi connectivity index (χ1n) is 6.97. The fourth-order valence-electron chi connectivity index (χ4n) is 2.42. The van der Waals surface area contributed by atoms with Gasteiger partial charge in [0.1, 0.15) is 6.04 Å². The van der Waals surface area contributed by atoms with Gasteiger partial charge >= 0.3 is 0 Å². The largest absolute Gasteiger partial charge is 0.378 e. The molecule has 1 fully saturated rings. The van der Waals surface area contributed by atoms with E-state index >= 15 is 0 Å². The molecule has 6 nitrogen and oxygen atoms in total. The van der Waals surface area contributed by atoms with Crippen LogP contribution in [0.1, 0.15) is 11.7 Å². The topological polar surface area (TPSA) is 72.9 Å². The van der Waals surface area contributed by atoms with Crippen LogP contribution >= 0.6 is 0 Å². The van der Waals surface area contributed by atoms with Crippen molar-refractivity contribution in [3.05, 3.63) is 35.9 Å². The van der Waals surface area contributed by atoms with Gasteiger partial charge in [-0.05, 0) is 5.56 Å². The quantitative estimate of drug-likeness (QED) is 0.795. The molecule has 2 rings (SSSR count). The van der Waals surface area contributed by atoms with Gasteiger partial charge in [-0.3, -0.25) is 9.59 Å². The molecule has 1 aliphatic heterocycles. The molecule has 2 unspecified atom stereocenters. The number of piperazine rings is 1. The maximum absolute atomic E-state index is 12.5. The van der Waals surface area contributed by atoms with Gasteiger partial charge in [-0.25, -0.2) is 0 Å². The summed E-state index contributed by atoms with van der Waals surface area (Å²) >= 11 is 0. The second-order valence-electron chi connectivity index (χ2n) is 5.30. The van der Waals surface area contributed by atoms with Crippen LogP contribution in [-0.4, -0.2) is 66.5 Å². The van der Waals surface area contributed by atoms with Gasteiger partial charge in [0.15, 0.2) is 6.10 Å². The van der Waals surface area contributed by atoms with Crippen LogP contribution in [0, 0.1) is 0 Å². The van der Waals surface area contributed by atoms with Crippen LogP contribution in [-0.2, 0) is 9.59 Å². The number of hydrogen-bond acceptors (Lipinski definition) is 4. The van der Waals surface area contributed by atoms with Crippen molar-refractivity contribution >= 4 is 11.8 Å². The monoisotopic (exact) mass is 291 g/mol. The van der Waals surface area contributed by atoms with Crippen molar-refractivity contribution in [1.29, 1.82) is 0 Å². The van der Waals surface area contributed by atoms with Gasteiger partial charge in [-0.15, -0.1) is 0 Å². The maximum Gasteiger partial charge on any atom is 0.256 e. The number of carbonyl (C=O) groups is 2. The molecule has 0 aliphatic carbocycles. The molecule has 2 N–H and O–H groups in total. The third-order valence-corrected chi connectivity index (χ3v) is 3.60. The van der Waals surface area contributed by atoms with Crippen molar-refractivity contribution < 1.29 is 14.7 Å². The molecule has 114 valence electrons. The van der Waals surface area contributed by atoms with Crippen LogP contribution in [0.25, 0.3) is 0 Å². The Bertz CT molecular complexity index is 504. The number of benzene rings is 1. The van der Waals surface area contributed by atoms with Crippen molar-refractivity contribution in [1.82, 2.24) is 15.1 Å². The third-order valence-electron chi connectivity index (χ3n) is 3.60. The fourth-order valence-corrected chi connectivity index (χ4v) is 2.42. The number of nitrogens with one attached hydrogen (secondary N) is 1. The van der Waals surface area contributed by atoms with Gasteiger partial charge in [0.05, 0.1) is 0 Å². The molecular weight excluding hydrogens is 270 g/mol. The second-order valence-corrected chi connectivity index (χ2v) is 5.30. The summed E-state index contributed by atoms with van der Waals surface area (Å²) in [5, 5.41) is 13.4. The smallest absolute Gasteiger partial charge is 0.256 e. The first-order chi connectivity index (χ1) is 10.0. The Morgan fingerprint density at radius 3 is 2.62 bits per heavy atom. The summed E-state index contributed by atoms with van der Waals surface area (Å²) in [5.74, 6) is -0.571. The average molecular weight is 291 g/mol. The number of aliphatic hydroxyl groups excluding tert-OH is 1. The third kappa shape index (κ3) is 3.40. The molecule has 0 radical (unpaired) electrons. The van der Waals surface area contributed by atoms with E-state index in [4.69, 9.17) is 0 Å². The second kappa shape index (κ2) is 6.69. The number of nitrogens with zero attached hydrogens (tertiary/aromatic N) is 2. The summed E-state index contributed by atoms with van der Waals surface area (Å²) in [4.78, 5) is 27.6. The van der Waals surface area contributed by atoms with Crippen LogP contribution in [0.3, 0.4) is 0 Å². The predicted molar refractivity (Wildman–Crippen MR) is 78.5 cm³/mol. The molecular formula is C15H21N3O3. The Hall–Kier alpha value is -1.92. The van der Waals surface area contributed by atoms with E-state index in [1.807, 2.05) is 6.07 Å². The Labute approximate surface area is 124 Å². The Morgan fingerprint density at radius 1 is 1.33 bits per heavy atom. The van der Waals surface area contributed by atoms with Gasteiger partial charge in [0.2, 0.25) is 5.91 Å². The van der Waals surface area contributed by atoms with E-state index in [1.165, 1.54) is 9.80 Å². The number of likely N-dealkylation sites (N-methyl/N-ethyl adjacent to an activating group) is 1. The molecule has 1 saturated heterocycles. The number of rotatable bonds is 3. The van der Waals surface area contributed by atoms with Gasteiger partial charge in [0.25, 0.3) is 5.91 Å². The Morgan fingerprint density at radius 2 is 2.00 bits per heavy atom. The normalized spacial score (nSPS) is 20.0. The number of carbonyl (C=O) groups excluding carboxylic acids is 2. The summed E-state index contributed by atoms with van der Waals surface area (Å²) in [6.07, 6.45) is -1.23. The molecule has 1 aliphatic rings. The lowest BCUT2D eigenvalue weighted by atomic mass is 10.1. The van der Waals surface area contributed by atoms with Crippen LogP contribution in [0.5, 0.6) is 0 Å². The summed E-state index contributed by atoms with van der Waals surface area (Å²) in [7, 11) is 3.32. The zero-order valence-electron chi connectivity index (χ0n) is 12.3. The zero-order chi connectivity index (χ0) is 15.4. The Kier molecular flexibility index (Phi) is 4.93. The molecule has 0 spiro atoms. The number of amides is 2. The van der Waals surface area contributed by atoms with Crippen molar-refractivity contribution in [3.8, 4) is 0 Å². The number of aliphatic hydroxyl groups is 1. The van der Waals surface area contributed by atoms with Crippen LogP contribution < -0.4 is 5.32 Å². The maximum atomic E-state index is 12.5. The summed E-state index contributed by atoms with van der Waals surface area (Å²) in [5.41, 5.74) is 0.539. The standard InChI is InChI=1S/C15H21N3O3/c1-17(2)14(20)12-10-16-8-9-18(12)15(21)13(19)11-6-4-3-5-7-11/h3-7,12-13,16,19H,8-10H2,1-2H3. The highest BCUT2D eigenvalue weighted by molar-refractivity contribution is 5.90. The van der Waals surface area contributed by atoms with Crippen molar-refractivity contribution in [2.24, 2.45) is 0 Å². The lowest BCUT2D eigenvalue weighted by molar-refractivity contribution is -0.151. The van der Waals surface area contributed by atoms with E-state index in [9.17, 15) is 14.7 Å². The van der Waals surface area contributed by atoms with E-state index in [0.717, 1.165) is 0 Å². The molecule has 1 aromatic carbocycles. The van der Waals surface area contributed by atoms with Crippen molar-refractivity contribution in [2.75, 3.05) is 33.7 Å². The van der Waals surface area contributed by atoms with E-state index in [1.54, 1.807) is 38.4 Å².